The number of rotatable bonds is 8. The van der Waals surface area contributed by atoms with E-state index in [4.69, 9.17) is 9.47 Å². The van der Waals surface area contributed by atoms with Crippen LogP contribution >= 0.6 is 0 Å². The van der Waals surface area contributed by atoms with Crippen LogP contribution in [0.5, 0.6) is 5.75 Å². The van der Waals surface area contributed by atoms with Gasteiger partial charge < -0.3 is 14.8 Å². The zero-order valence-electron chi connectivity index (χ0n) is 15.3. The Kier molecular flexibility index (Phi) is 6.26. The number of amides is 1. The highest BCUT2D eigenvalue weighted by Gasteiger charge is 2.30. The van der Waals surface area contributed by atoms with Crippen molar-refractivity contribution in [1.82, 2.24) is 5.32 Å². The summed E-state index contributed by atoms with van der Waals surface area (Å²) in [4.78, 5) is 24.9. The molecule has 1 amide bonds. The van der Waals surface area contributed by atoms with Crippen LogP contribution < -0.4 is 10.1 Å². The summed E-state index contributed by atoms with van der Waals surface area (Å²) in [6, 6.07) is 16.6. The molecular weight excluding hydrogens is 342 g/mol. The molecule has 0 aromatic heterocycles. The highest BCUT2D eigenvalue weighted by Crippen LogP contribution is 2.24. The van der Waals surface area contributed by atoms with Gasteiger partial charge >= 0.3 is 5.97 Å². The molecule has 140 valence electrons. The van der Waals surface area contributed by atoms with Crippen LogP contribution in [0.4, 0.5) is 0 Å². The van der Waals surface area contributed by atoms with Crippen LogP contribution in [0.1, 0.15) is 37.0 Å². The lowest BCUT2D eigenvalue weighted by atomic mass is 10.1. The van der Waals surface area contributed by atoms with E-state index in [1.807, 2.05) is 49.4 Å². The third-order valence-corrected chi connectivity index (χ3v) is 4.12. The van der Waals surface area contributed by atoms with Gasteiger partial charge in [-0.25, -0.2) is 4.79 Å². The minimum Gasteiger partial charge on any atom is -0.493 e. The number of hydrogen-bond acceptors (Lipinski definition) is 4. The largest absolute Gasteiger partial charge is 0.493 e. The van der Waals surface area contributed by atoms with Gasteiger partial charge in [-0.2, -0.15) is 0 Å². The first-order valence-corrected chi connectivity index (χ1v) is 9.13. The van der Waals surface area contributed by atoms with Crippen LogP contribution in [0.2, 0.25) is 0 Å². The van der Waals surface area contributed by atoms with Gasteiger partial charge in [-0.05, 0) is 31.9 Å². The SMILES string of the molecule is CCOc1ccccc1/C=C/C(=O)O[C@H](C(=O)NC1CC1)c1ccccc1. The summed E-state index contributed by atoms with van der Waals surface area (Å²) < 4.78 is 11.0. The Morgan fingerprint density at radius 2 is 1.81 bits per heavy atom. The molecule has 1 saturated carbocycles. The number of carbonyl (C=O) groups is 2. The Morgan fingerprint density at radius 1 is 1.11 bits per heavy atom. The van der Waals surface area contributed by atoms with Crippen LogP contribution in [0.15, 0.2) is 60.7 Å². The average Bonchev–Trinajstić information content (AvgIpc) is 3.50. The fourth-order valence-corrected chi connectivity index (χ4v) is 2.62. The maximum Gasteiger partial charge on any atom is 0.331 e. The highest BCUT2D eigenvalue weighted by atomic mass is 16.5. The second-order valence-corrected chi connectivity index (χ2v) is 6.31. The molecule has 0 radical (unpaired) electrons. The second kappa shape index (κ2) is 9.03. The van der Waals surface area contributed by atoms with Gasteiger partial charge in [0.1, 0.15) is 5.75 Å². The molecule has 1 N–H and O–H groups in total. The first-order chi connectivity index (χ1) is 13.2. The molecule has 5 heteroatoms. The van der Waals surface area contributed by atoms with Crippen molar-refractivity contribution in [1.29, 1.82) is 0 Å². The number of nitrogens with one attached hydrogen (secondary N) is 1. The topological polar surface area (TPSA) is 64.6 Å². The number of hydrogen-bond donors (Lipinski definition) is 1. The van der Waals surface area contributed by atoms with Gasteiger partial charge in [0.05, 0.1) is 6.61 Å². The van der Waals surface area contributed by atoms with Gasteiger partial charge in [-0.1, -0.05) is 48.5 Å². The van der Waals surface area contributed by atoms with E-state index in [1.165, 1.54) is 6.08 Å². The summed E-state index contributed by atoms with van der Waals surface area (Å²) in [5.41, 5.74) is 1.42. The Morgan fingerprint density at radius 3 is 2.52 bits per heavy atom. The minimum atomic E-state index is -0.967. The minimum absolute atomic E-state index is 0.191. The van der Waals surface area contributed by atoms with Crippen LogP contribution in [-0.2, 0) is 14.3 Å². The van der Waals surface area contributed by atoms with E-state index in [0.29, 0.717) is 17.9 Å². The highest BCUT2D eigenvalue weighted by molar-refractivity contribution is 5.91. The second-order valence-electron chi connectivity index (χ2n) is 6.31. The van der Waals surface area contributed by atoms with Crippen molar-refractivity contribution in [3.8, 4) is 5.75 Å². The molecule has 1 aliphatic rings. The number of benzene rings is 2. The zero-order valence-corrected chi connectivity index (χ0v) is 15.3. The summed E-state index contributed by atoms with van der Waals surface area (Å²) in [5.74, 6) is -0.184. The van der Waals surface area contributed by atoms with E-state index in [-0.39, 0.29) is 11.9 Å². The van der Waals surface area contributed by atoms with E-state index in [9.17, 15) is 9.59 Å². The average molecular weight is 365 g/mol. The lowest BCUT2D eigenvalue weighted by Gasteiger charge is -2.17. The van der Waals surface area contributed by atoms with Gasteiger partial charge in [0.25, 0.3) is 5.91 Å². The Balaban J connectivity index is 1.71. The van der Waals surface area contributed by atoms with Crippen LogP contribution in [0.3, 0.4) is 0 Å². The number of carbonyl (C=O) groups excluding carboxylic acids is 2. The summed E-state index contributed by atoms with van der Waals surface area (Å²) in [5, 5.41) is 2.90. The van der Waals surface area contributed by atoms with Crippen molar-refractivity contribution >= 4 is 18.0 Å². The number of para-hydroxylation sites is 1. The van der Waals surface area contributed by atoms with E-state index < -0.39 is 12.1 Å². The van der Waals surface area contributed by atoms with E-state index in [1.54, 1.807) is 18.2 Å². The molecule has 0 heterocycles. The maximum absolute atomic E-state index is 12.5. The van der Waals surface area contributed by atoms with Crippen molar-refractivity contribution in [3.05, 3.63) is 71.8 Å². The molecule has 2 aromatic rings. The van der Waals surface area contributed by atoms with Gasteiger partial charge in [0, 0.05) is 23.2 Å². The van der Waals surface area contributed by atoms with Crippen molar-refractivity contribution in [2.45, 2.75) is 31.9 Å². The molecule has 1 atom stereocenters. The van der Waals surface area contributed by atoms with Crippen molar-refractivity contribution in [3.63, 3.8) is 0 Å². The number of ether oxygens (including phenoxy) is 2. The fourth-order valence-electron chi connectivity index (χ4n) is 2.62. The van der Waals surface area contributed by atoms with Gasteiger partial charge in [-0.3, -0.25) is 4.79 Å². The lowest BCUT2D eigenvalue weighted by molar-refractivity contribution is -0.151. The Bertz CT molecular complexity index is 812. The molecule has 0 bridgehead atoms. The summed E-state index contributed by atoms with van der Waals surface area (Å²) in [7, 11) is 0. The van der Waals surface area contributed by atoms with Crippen LogP contribution in [0, 0.1) is 0 Å². The molecule has 0 spiro atoms. The van der Waals surface area contributed by atoms with E-state index in [2.05, 4.69) is 5.32 Å². The first-order valence-electron chi connectivity index (χ1n) is 9.13. The summed E-state index contributed by atoms with van der Waals surface area (Å²) >= 11 is 0. The standard InChI is InChI=1S/C22H23NO4/c1-2-26-19-11-7-6-8-16(19)12-15-20(24)27-21(17-9-4-3-5-10-17)22(25)23-18-13-14-18/h3-12,15,18,21H,2,13-14H2,1H3,(H,23,25)/b15-12+/t21-/m0/s1. The van der Waals surface area contributed by atoms with Crippen molar-refractivity contribution in [2.24, 2.45) is 0 Å². The predicted octanol–water partition coefficient (Wildman–Crippen LogP) is 3.66. The van der Waals surface area contributed by atoms with Crippen LogP contribution in [-0.4, -0.2) is 24.5 Å². The normalized spacial score (nSPS) is 14.6. The molecule has 5 nitrogen and oxygen atoms in total. The monoisotopic (exact) mass is 365 g/mol. The molecule has 1 fully saturated rings. The Labute approximate surface area is 159 Å². The molecule has 27 heavy (non-hydrogen) atoms. The molecule has 0 unspecified atom stereocenters. The van der Waals surface area contributed by atoms with Gasteiger partial charge in [-0.15, -0.1) is 0 Å². The van der Waals surface area contributed by atoms with E-state index in [0.717, 1.165) is 18.4 Å². The third kappa shape index (κ3) is 5.45. The van der Waals surface area contributed by atoms with Gasteiger partial charge in [0.2, 0.25) is 6.10 Å². The van der Waals surface area contributed by atoms with Crippen LogP contribution in [0.25, 0.3) is 6.08 Å². The summed E-state index contributed by atoms with van der Waals surface area (Å²) in [6.07, 6.45) is 3.92. The van der Waals surface area contributed by atoms with Crippen molar-refractivity contribution < 1.29 is 19.1 Å². The molecule has 3 rings (SSSR count). The molecule has 2 aromatic carbocycles. The zero-order chi connectivity index (χ0) is 19.1. The number of esters is 1. The smallest absolute Gasteiger partial charge is 0.331 e. The van der Waals surface area contributed by atoms with Gasteiger partial charge in [0.15, 0.2) is 0 Å². The van der Waals surface area contributed by atoms with E-state index >= 15 is 0 Å². The first kappa shape index (κ1) is 18.7. The van der Waals surface area contributed by atoms with Crippen molar-refractivity contribution in [2.75, 3.05) is 6.61 Å². The quantitative estimate of drug-likeness (QED) is 0.573. The molecule has 0 saturated heterocycles. The summed E-state index contributed by atoms with van der Waals surface area (Å²) in [6.45, 7) is 2.43. The maximum atomic E-state index is 12.5. The Hall–Kier alpha value is -3.08. The molecule has 0 aliphatic heterocycles. The molecular formula is C22H23NO4. The predicted molar refractivity (Wildman–Crippen MR) is 103 cm³/mol. The fraction of sp³-hybridized carbons (Fsp3) is 0.273. The molecule has 1 aliphatic carbocycles. The third-order valence-electron chi connectivity index (χ3n) is 4.12. The lowest BCUT2D eigenvalue weighted by Crippen LogP contribution is -2.33.